The van der Waals surface area contributed by atoms with Crippen molar-refractivity contribution in [1.82, 2.24) is 15.1 Å². The van der Waals surface area contributed by atoms with Gasteiger partial charge in [-0.2, -0.15) is 0 Å². The molecule has 7 nitrogen and oxygen atoms in total. The van der Waals surface area contributed by atoms with Crippen molar-refractivity contribution in [3.8, 4) is 5.75 Å². The lowest BCUT2D eigenvalue weighted by atomic mass is 10.1. The smallest absolute Gasteiger partial charge is 0.405 e. The highest BCUT2D eigenvalue weighted by Crippen LogP contribution is 2.29. The van der Waals surface area contributed by atoms with Crippen LogP contribution >= 0.6 is 11.6 Å². The molecule has 1 amide bonds. The minimum Gasteiger partial charge on any atom is -0.405 e. The molecule has 2 aromatic rings. The summed E-state index contributed by atoms with van der Waals surface area (Å²) in [4.78, 5) is 18.0. The minimum absolute atomic E-state index is 0.0229. The lowest BCUT2D eigenvalue weighted by molar-refractivity contribution is -0.275. The van der Waals surface area contributed by atoms with Crippen molar-refractivity contribution in [2.75, 3.05) is 45.1 Å². The Balaban J connectivity index is 1.43. The molecule has 4 rings (SSSR count). The first kappa shape index (κ1) is 29.8. The first-order valence-corrected chi connectivity index (χ1v) is 14.7. The second-order valence-electron chi connectivity index (χ2n) is 9.59. The molecular weight excluding hydrogens is 555 g/mol. The molecule has 2 aliphatic heterocycles. The number of benzene rings is 2. The molecule has 0 aromatic heterocycles. The summed E-state index contributed by atoms with van der Waals surface area (Å²) in [7, 11) is -1.26. The van der Waals surface area contributed by atoms with Crippen LogP contribution in [0.5, 0.6) is 5.75 Å². The molecule has 2 heterocycles. The molecule has 12 heteroatoms. The molecule has 39 heavy (non-hydrogen) atoms. The highest BCUT2D eigenvalue weighted by Gasteiger charge is 2.33. The van der Waals surface area contributed by atoms with Crippen LogP contribution in [0.1, 0.15) is 41.3 Å². The zero-order valence-corrected chi connectivity index (χ0v) is 23.3. The molecular formula is C27H33ClF3N3O4S. The summed E-state index contributed by atoms with van der Waals surface area (Å²) in [5.74, 6) is -0.573. The molecule has 0 aliphatic carbocycles. The Morgan fingerprint density at radius 1 is 1.10 bits per heavy atom. The maximum atomic E-state index is 13.3. The topological polar surface area (TPSA) is 71.1 Å². The molecule has 0 saturated carbocycles. The first-order valence-electron chi connectivity index (χ1n) is 13.0. The maximum Gasteiger partial charge on any atom is 0.573 e. The predicted molar refractivity (Wildman–Crippen MR) is 143 cm³/mol. The van der Waals surface area contributed by atoms with Crippen LogP contribution in [0, 0.1) is 0 Å². The quantitative estimate of drug-likeness (QED) is 0.463. The average molecular weight is 588 g/mol. The van der Waals surface area contributed by atoms with Gasteiger partial charge in [0.15, 0.2) is 0 Å². The highest BCUT2D eigenvalue weighted by molar-refractivity contribution is 7.85. The van der Waals surface area contributed by atoms with E-state index in [2.05, 4.69) is 19.9 Å². The summed E-state index contributed by atoms with van der Waals surface area (Å²) < 4.78 is 61.9. The molecule has 1 unspecified atom stereocenters. The van der Waals surface area contributed by atoms with Crippen molar-refractivity contribution >= 4 is 28.3 Å². The SMILES string of the molecule is CCS(=O)c1ccc(Cl)cc1CNC(=O)c1ccc(CN2CCN(C3CCOCC3)CC2)c(OC(F)(F)F)c1. The molecule has 214 valence electrons. The van der Waals surface area contributed by atoms with Gasteiger partial charge >= 0.3 is 6.36 Å². The van der Waals surface area contributed by atoms with Gasteiger partial charge < -0.3 is 14.8 Å². The first-order chi connectivity index (χ1) is 18.6. The number of ether oxygens (including phenoxy) is 2. The zero-order valence-electron chi connectivity index (χ0n) is 21.8. The van der Waals surface area contributed by atoms with E-state index in [1.165, 1.54) is 12.1 Å². The highest BCUT2D eigenvalue weighted by atomic mass is 35.5. The van der Waals surface area contributed by atoms with E-state index in [0.29, 0.717) is 32.8 Å². The van der Waals surface area contributed by atoms with Crippen LogP contribution in [0.2, 0.25) is 5.02 Å². The van der Waals surface area contributed by atoms with E-state index in [0.717, 1.165) is 58.3 Å². The van der Waals surface area contributed by atoms with E-state index in [1.54, 1.807) is 25.1 Å². The number of rotatable bonds is 9. The van der Waals surface area contributed by atoms with E-state index in [9.17, 15) is 22.2 Å². The fraction of sp³-hybridized carbons (Fsp3) is 0.519. The van der Waals surface area contributed by atoms with Crippen molar-refractivity contribution < 1.29 is 31.6 Å². The van der Waals surface area contributed by atoms with Gasteiger partial charge in [-0.1, -0.05) is 24.6 Å². The number of hydrogen-bond donors (Lipinski definition) is 1. The molecule has 2 saturated heterocycles. The number of carbonyl (C=O) groups is 1. The van der Waals surface area contributed by atoms with Crippen LogP contribution in [0.3, 0.4) is 0 Å². The second kappa shape index (κ2) is 13.5. The van der Waals surface area contributed by atoms with Crippen molar-refractivity contribution in [3.63, 3.8) is 0 Å². The van der Waals surface area contributed by atoms with Gasteiger partial charge in [-0.15, -0.1) is 13.2 Å². The Kier molecular flexibility index (Phi) is 10.3. The fourth-order valence-corrected chi connectivity index (χ4v) is 6.11. The Labute approximate surface area is 234 Å². The van der Waals surface area contributed by atoms with Crippen molar-refractivity contribution in [2.24, 2.45) is 0 Å². The third kappa shape index (κ3) is 8.40. The third-order valence-electron chi connectivity index (χ3n) is 7.03. The van der Waals surface area contributed by atoms with Crippen LogP contribution in [0.25, 0.3) is 0 Å². The largest absolute Gasteiger partial charge is 0.573 e. The molecule has 1 atom stereocenters. The van der Waals surface area contributed by atoms with Gasteiger partial charge in [0, 0.05) is 85.3 Å². The molecule has 2 aromatic carbocycles. The maximum absolute atomic E-state index is 13.3. The van der Waals surface area contributed by atoms with Crippen molar-refractivity contribution in [3.05, 3.63) is 58.1 Å². The number of nitrogens with zero attached hydrogens (tertiary/aromatic N) is 2. The van der Waals surface area contributed by atoms with Gasteiger partial charge in [0.1, 0.15) is 5.75 Å². The third-order valence-corrected chi connectivity index (χ3v) is 8.68. The van der Waals surface area contributed by atoms with Gasteiger partial charge in [-0.05, 0) is 48.7 Å². The number of piperazine rings is 1. The van der Waals surface area contributed by atoms with Crippen LogP contribution in [-0.2, 0) is 28.6 Å². The Hall–Kier alpha value is -2.18. The summed E-state index contributed by atoms with van der Waals surface area (Å²) >= 11 is 6.08. The number of carbonyl (C=O) groups excluding carboxylic acids is 1. The Morgan fingerprint density at radius 3 is 2.49 bits per heavy atom. The van der Waals surface area contributed by atoms with E-state index in [4.69, 9.17) is 16.3 Å². The summed E-state index contributed by atoms with van der Waals surface area (Å²) in [6, 6.07) is 9.52. The van der Waals surface area contributed by atoms with Crippen LogP contribution in [-0.4, -0.2) is 77.5 Å². The molecule has 0 radical (unpaired) electrons. The van der Waals surface area contributed by atoms with E-state index in [1.807, 2.05) is 0 Å². The summed E-state index contributed by atoms with van der Waals surface area (Å²) in [6.45, 7) is 6.76. The summed E-state index contributed by atoms with van der Waals surface area (Å²) in [6.07, 6.45) is -2.89. The standard InChI is InChI=1S/C27H33ClF3N3O4S/c1-2-39(36)25-6-5-22(28)15-21(25)17-32-26(35)19-3-4-20(24(16-19)38-27(29,30)31)18-33-9-11-34(12-10-33)23-7-13-37-14-8-23/h3-6,15-16,23H,2,7-14,17-18H2,1H3,(H,32,35). The van der Waals surface area contributed by atoms with Crippen LogP contribution in [0.4, 0.5) is 13.2 Å². The molecule has 2 aliphatic rings. The van der Waals surface area contributed by atoms with Crippen molar-refractivity contribution in [2.45, 2.75) is 50.2 Å². The predicted octanol–water partition coefficient (Wildman–Crippen LogP) is 4.59. The molecule has 2 fully saturated rings. The monoisotopic (exact) mass is 587 g/mol. The van der Waals surface area contributed by atoms with E-state index < -0.39 is 28.8 Å². The normalized spacial score (nSPS) is 18.6. The van der Waals surface area contributed by atoms with Gasteiger partial charge in [0.05, 0.1) is 10.8 Å². The summed E-state index contributed by atoms with van der Waals surface area (Å²) in [5.41, 5.74) is 0.973. The number of hydrogen-bond acceptors (Lipinski definition) is 6. The van der Waals surface area contributed by atoms with Gasteiger partial charge in [0.2, 0.25) is 0 Å². The number of nitrogens with one attached hydrogen (secondary N) is 1. The minimum atomic E-state index is -4.90. The Bertz CT molecular complexity index is 1170. The molecule has 0 bridgehead atoms. The number of alkyl halides is 3. The number of amides is 1. The summed E-state index contributed by atoms with van der Waals surface area (Å²) in [5, 5.41) is 3.12. The molecule has 0 spiro atoms. The molecule has 1 N–H and O–H groups in total. The lowest BCUT2D eigenvalue weighted by Crippen LogP contribution is -2.51. The number of halogens is 4. The van der Waals surface area contributed by atoms with Crippen LogP contribution < -0.4 is 10.1 Å². The van der Waals surface area contributed by atoms with Crippen LogP contribution in [0.15, 0.2) is 41.3 Å². The fourth-order valence-electron chi connectivity index (χ4n) is 4.97. The Morgan fingerprint density at radius 2 is 1.82 bits per heavy atom. The van der Waals surface area contributed by atoms with Crippen molar-refractivity contribution in [1.29, 1.82) is 0 Å². The van der Waals surface area contributed by atoms with Gasteiger partial charge in [-0.25, -0.2) is 0 Å². The lowest BCUT2D eigenvalue weighted by Gasteiger charge is -2.40. The second-order valence-corrected chi connectivity index (χ2v) is 11.7. The zero-order chi connectivity index (χ0) is 28.0. The average Bonchev–Trinajstić information content (AvgIpc) is 2.92. The van der Waals surface area contributed by atoms with Gasteiger partial charge in [0.25, 0.3) is 5.91 Å². The van der Waals surface area contributed by atoms with Gasteiger partial charge in [-0.3, -0.25) is 18.8 Å². The van der Waals surface area contributed by atoms with E-state index >= 15 is 0 Å². The van der Waals surface area contributed by atoms with E-state index in [-0.39, 0.29) is 18.7 Å².